The van der Waals surface area contributed by atoms with Gasteiger partial charge in [-0.15, -0.1) is 0 Å². The molecule has 0 aliphatic rings. The van der Waals surface area contributed by atoms with Crippen molar-refractivity contribution in [2.75, 3.05) is 26.8 Å². The summed E-state index contributed by atoms with van der Waals surface area (Å²) < 4.78 is 31.9. The average Bonchev–Trinajstić information content (AvgIpc) is 2.49. The largest absolute Gasteiger partial charge is 0.385 e. The second-order valence-electron chi connectivity index (χ2n) is 4.99. The van der Waals surface area contributed by atoms with Gasteiger partial charge in [-0.1, -0.05) is 19.1 Å². The highest BCUT2D eigenvalue weighted by atomic mass is 32.2. The molecule has 0 saturated heterocycles. The van der Waals surface area contributed by atoms with Crippen molar-refractivity contribution in [3.63, 3.8) is 0 Å². The van der Waals surface area contributed by atoms with Gasteiger partial charge < -0.3 is 10.1 Å². The molecule has 0 heterocycles. The van der Waals surface area contributed by atoms with Crippen LogP contribution in [-0.4, -0.2) is 35.2 Å². The second-order valence-corrected chi connectivity index (χ2v) is 6.76. The van der Waals surface area contributed by atoms with Crippen LogP contribution in [0.3, 0.4) is 0 Å². The summed E-state index contributed by atoms with van der Waals surface area (Å²) in [6.45, 7) is 5.97. The molecule has 1 rings (SSSR count). The van der Waals surface area contributed by atoms with E-state index in [9.17, 15) is 8.42 Å². The molecule has 6 heteroatoms. The molecule has 21 heavy (non-hydrogen) atoms. The molecule has 120 valence electrons. The first-order valence-corrected chi connectivity index (χ1v) is 8.81. The third-order valence-corrected chi connectivity index (χ3v) is 4.64. The molecular formula is C15H26N2O3S. The number of hydrogen-bond donors (Lipinski definition) is 2. The quantitative estimate of drug-likeness (QED) is 0.649. The lowest BCUT2D eigenvalue weighted by molar-refractivity contribution is 0.196. The number of rotatable bonds is 10. The number of ether oxygens (including phenoxy) is 1. The molecule has 1 unspecified atom stereocenters. The summed E-state index contributed by atoms with van der Waals surface area (Å²) >= 11 is 0. The molecule has 2 N–H and O–H groups in total. The Bertz CT molecular complexity index is 517. The molecule has 0 aliphatic carbocycles. The Labute approximate surface area is 128 Å². The van der Waals surface area contributed by atoms with Gasteiger partial charge in [-0.05, 0) is 44.0 Å². The van der Waals surface area contributed by atoms with Crippen molar-refractivity contribution in [1.82, 2.24) is 10.0 Å². The van der Waals surface area contributed by atoms with Crippen molar-refractivity contribution >= 4 is 10.0 Å². The number of hydrogen-bond acceptors (Lipinski definition) is 4. The Hall–Kier alpha value is -0.950. The smallest absolute Gasteiger partial charge is 0.240 e. The molecule has 0 spiro atoms. The molecule has 1 aromatic rings. The van der Waals surface area contributed by atoms with E-state index >= 15 is 0 Å². The Morgan fingerprint density at radius 1 is 1.29 bits per heavy atom. The zero-order valence-electron chi connectivity index (χ0n) is 13.1. The van der Waals surface area contributed by atoms with Crippen LogP contribution in [0.25, 0.3) is 0 Å². The fourth-order valence-corrected chi connectivity index (χ4v) is 3.06. The van der Waals surface area contributed by atoms with Crippen molar-refractivity contribution in [1.29, 1.82) is 0 Å². The highest BCUT2D eigenvalue weighted by Gasteiger charge is 2.15. The van der Waals surface area contributed by atoms with Gasteiger partial charge in [-0.25, -0.2) is 13.1 Å². The lowest BCUT2D eigenvalue weighted by atomic mass is 10.1. The van der Waals surface area contributed by atoms with Crippen LogP contribution in [0.4, 0.5) is 0 Å². The topological polar surface area (TPSA) is 67.4 Å². The van der Waals surface area contributed by atoms with Crippen molar-refractivity contribution in [3.8, 4) is 0 Å². The summed E-state index contributed by atoms with van der Waals surface area (Å²) in [5.41, 5.74) is 0.975. The summed E-state index contributed by atoms with van der Waals surface area (Å²) in [7, 11) is -1.85. The summed E-state index contributed by atoms with van der Waals surface area (Å²) in [5, 5.41) is 3.36. The Morgan fingerprint density at radius 2 is 2.05 bits per heavy atom. The number of benzene rings is 1. The third kappa shape index (κ3) is 6.13. The van der Waals surface area contributed by atoms with E-state index in [0.29, 0.717) is 24.5 Å². The van der Waals surface area contributed by atoms with E-state index in [1.807, 2.05) is 13.0 Å². The van der Waals surface area contributed by atoms with E-state index in [4.69, 9.17) is 4.74 Å². The number of methoxy groups -OCH3 is 1. The van der Waals surface area contributed by atoms with Crippen LogP contribution in [0.1, 0.15) is 38.3 Å². The Balaban J connectivity index is 2.73. The van der Waals surface area contributed by atoms with Crippen LogP contribution < -0.4 is 10.0 Å². The monoisotopic (exact) mass is 314 g/mol. The van der Waals surface area contributed by atoms with E-state index in [1.54, 1.807) is 25.3 Å². The number of nitrogens with one attached hydrogen (secondary N) is 2. The molecule has 1 atom stereocenters. The van der Waals surface area contributed by atoms with E-state index in [2.05, 4.69) is 17.0 Å². The van der Waals surface area contributed by atoms with Crippen molar-refractivity contribution in [2.24, 2.45) is 0 Å². The fraction of sp³-hybridized carbons (Fsp3) is 0.600. The van der Waals surface area contributed by atoms with Crippen molar-refractivity contribution in [3.05, 3.63) is 29.8 Å². The third-order valence-electron chi connectivity index (χ3n) is 3.19. The molecule has 0 saturated carbocycles. The van der Waals surface area contributed by atoms with Gasteiger partial charge in [-0.2, -0.15) is 0 Å². The summed E-state index contributed by atoms with van der Waals surface area (Å²) in [4.78, 5) is 0.308. The predicted octanol–water partition coefficient (Wildman–Crippen LogP) is 2.06. The standard InChI is InChI=1S/C15H26N2O3S/c1-4-9-16-13(2)14-7-5-8-15(12-14)21(18,19)17-10-6-11-20-3/h5,7-8,12-13,16-17H,4,6,9-11H2,1-3H3. The predicted molar refractivity (Wildman–Crippen MR) is 84.8 cm³/mol. The normalized spacial score (nSPS) is 13.3. The van der Waals surface area contributed by atoms with E-state index in [-0.39, 0.29) is 6.04 Å². The maximum Gasteiger partial charge on any atom is 0.240 e. The minimum Gasteiger partial charge on any atom is -0.385 e. The molecular weight excluding hydrogens is 288 g/mol. The fourth-order valence-electron chi connectivity index (χ4n) is 1.94. The first kappa shape index (κ1) is 18.1. The summed E-state index contributed by atoms with van der Waals surface area (Å²) in [5.74, 6) is 0. The van der Waals surface area contributed by atoms with Gasteiger partial charge in [-0.3, -0.25) is 0 Å². The van der Waals surface area contributed by atoms with Crippen LogP contribution in [-0.2, 0) is 14.8 Å². The Kier molecular flexibility index (Phi) is 7.88. The molecule has 0 bridgehead atoms. The maximum atomic E-state index is 12.2. The minimum absolute atomic E-state index is 0.133. The van der Waals surface area contributed by atoms with Crippen molar-refractivity contribution in [2.45, 2.75) is 37.6 Å². The lowest BCUT2D eigenvalue weighted by Gasteiger charge is -2.15. The summed E-state index contributed by atoms with van der Waals surface area (Å²) in [6.07, 6.45) is 1.70. The highest BCUT2D eigenvalue weighted by molar-refractivity contribution is 7.89. The van der Waals surface area contributed by atoms with Gasteiger partial charge in [0, 0.05) is 26.3 Å². The van der Waals surface area contributed by atoms with E-state index in [1.165, 1.54) is 0 Å². The Morgan fingerprint density at radius 3 is 2.71 bits per heavy atom. The molecule has 5 nitrogen and oxygen atoms in total. The van der Waals surface area contributed by atoms with Crippen LogP contribution in [0.15, 0.2) is 29.2 Å². The first-order chi connectivity index (χ1) is 10.0. The maximum absolute atomic E-state index is 12.2. The molecule has 0 aliphatic heterocycles. The molecule has 0 radical (unpaired) electrons. The van der Waals surface area contributed by atoms with Gasteiger partial charge in [0.25, 0.3) is 0 Å². The molecule has 0 fully saturated rings. The lowest BCUT2D eigenvalue weighted by Crippen LogP contribution is -2.26. The van der Waals surface area contributed by atoms with Gasteiger partial charge in [0.2, 0.25) is 10.0 Å². The van der Waals surface area contributed by atoms with Crippen LogP contribution in [0.5, 0.6) is 0 Å². The van der Waals surface area contributed by atoms with Gasteiger partial charge >= 0.3 is 0 Å². The average molecular weight is 314 g/mol. The van der Waals surface area contributed by atoms with Crippen LogP contribution >= 0.6 is 0 Å². The summed E-state index contributed by atoms with van der Waals surface area (Å²) in [6, 6.07) is 7.20. The van der Waals surface area contributed by atoms with Gasteiger partial charge in [0.15, 0.2) is 0 Å². The van der Waals surface area contributed by atoms with Gasteiger partial charge in [0.05, 0.1) is 4.90 Å². The first-order valence-electron chi connectivity index (χ1n) is 7.33. The molecule has 0 aromatic heterocycles. The minimum atomic E-state index is -3.45. The van der Waals surface area contributed by atoms with E-state index in [0.717, 1.165) is 18.5 Å². The van der Waals surface area contributed by atoms with Crippen LogP contribution in [0, 0.1) is 0 Å². The molecule has 1 aromatic carbocycles. The SMILES string of the molecule is CCCNC(C)c1cccc(S(=O)(=O)NCCCOC)c1. The second kappa shape index (κ2) is 9.15. The highest BCUT2D eigenvalue weighted by Crippen LogP contribution is 2.17. The van der Waals surface area contributed by atoms with Gasteiger partial charge in [0.1, 0.15) is 0 Å². The van der Waals surface area contributed by atoms with E-state index < -0.39 is 10.0 Å². The van der Waals surface area contributed by atoms with Crippen LogP contribution in [0.2, 0.25) is 0 Å². The number of sulfonamides is 1. The van der Waals surface area contributed by atoms with Crippen molar-refractivity contribution < 1.29 is 13.2 Å². The zero-order valence-corrected chi connectivity index (χ0v) is 13.9. The molecule has 0 amide bonds. The zero-order chi connectivity index (χ0) is 15.7.